The van der Waals surface area contributed by atoms with Crippen LogP contribution in [-0.4, -0.2) is 178 Å². The van der Waals surface area contributed by atoms with Crippen molar-refractivity contribution in [1.82, 2.24) is 39.5 Å². The molecule has 12 rings (SSSR count). The van der Waals surface area contributed by atoms with Crippen molar-refractivity contribution in [3.8, 4) is 34.3 Å². The maximum absolute atomic E-state index is 15.6. The molecule has 2 aliphatic carbocycles. The van der Waals surface area contributed by atoms with Crippen LogP contribution in [0.3, 0.4) is 0 Å². The van der Waals surface area contributed by atoms with Crippen molar-refractivity contribution in [3.05, 3.63) is 130 Å². The van der Waals surface area contributed by atoms with Gasteiger partial charge in [-0.1, -0.05) is 70.2 Å². The number of anilines is 2. The minimum Gasteiger partial charge on any atom is -0.475 e. The van der Waals surface area contributed by atoms with Crippen LogP contribution in [0.25, 0.3) is 22.5 Å². The van der Waals surface area contributed by atoms with Crippen LogP contribution in [0.5, 0.6) is 11.8 Å². The second kappa shape index (κ2) is 29.1. The third kappa shape index (κ3) is 16.3. The Kier molecular flexibility index (Phi) is 21.2. The third-order valence-electron chi connectivity index (χ3n) is 22.3. The molecule has 2 aromatic heterocycles. The van der Waals surface area contributed by atoms with Gasteiger partial charge in [0.2, 0.25) is 23.7 Å². The lowest BCUT2D eigenvalue weighted by atomic mass is 9.59. The van der Waals surface area contributed by atoms with Crippen molar-refractivity contribution in [2.24, 2.45) is 21.7 Å². The van der Waals surface area contributed by atoms with Crippen LogP contribution in [0.4, 0.5) is 38.2 Å². The monoisotopic (exact) mass is 1470 g/mol. The second-order valence-corrected chi connectivity index (χ2v) is 34.1. The first-order valence-corrected chi connectivity index (χ1v) is 38.3. The minimum absolute atomic E-state index is 0.0250. The summed E-state index contributed by atoms with van der Waals surface area (Å²) >= 11 is 0. The summed E-state index contributed by atoms with van der Waals surface area (Å²) in [5, 5.41) is 0. The zero-order valence-corrected chi connectivity index (χ0v) is 61.4. The van der Waals surface area contributed by atoms with E-state index < -0.39 is 105 Å². The lowest BCUT2D eigenvalue weighted by Crippen LogP contribution is -2.60. The van der Waals surface area contributed by atoms with Crippen LogP contribution >= 0.6 is 0 Å². The molecule has 103 heavy (non-hydrogen) atoms. The summed E-state index contributed by atoms with van der Waals surface area (Å²) in [6.07, 6.45) is -4.81. The predicted octanol–water partition coefficient (Wildman–Crippen LogP) is 13.5. The first-order chi connectivity index (χ1) is 48.5. The molecule has 6 aromatic rings. The van der Waals surface area contributed by atoms with E-state index in [-0.39, 0.29) is 68.6 Å². The Bertz CT molecular complexity index is 4330. The number of carbonyl (C=O) groups excluding carboxylic acids is 2. The van der Waals surface area contributed by atoms with E-state index >= 15 is 35.9 Å². The minimum atomic E-state index is -4.68. The van der Waals surface area contributed by atoms with Crippen LogP contribution in [0.15, 0.2) is 101 Å². The number of nitrogens with zero attached hydrogens (tertiary/aromatic N) is 8. The fraction of sp³-hybridized carbons (Fsp3) is 0.547. The molecule has 28 heteroatoms. The fourth-order valence-electron chi connectivity index (χ4n) is 16.2. The van der Waals surface area contributed by atoms with Crippen LogP contribution in [0.1, 0.15) is 147 Å². The average molecular weight is 1470 g/mol. The van der Waals surface area contributed by atoms with Gasteiger partial charge in [0.05, 0.1) is 57.3 Å². The molecule has 2 atom stereocenters. The maximum atomic E-state index is 15.6. The van der Waals surface area contributed by atoms with Crippen molar-refractivity contribution >= 4 is 43.8 Å². The average Bonchev–Trinajstić information content (AvgIpc) is 1.41. The van der Waals surface area contributed by atoms with Gasteiger partial charge >= 0.3 is 12.4 Å². The summed E-state index contributed by atoms with van der Waals surface area (Å²) in [4.78, 5) is 55.9. The van der Waals surface area contributed by atoms with E-state index in [0.717, 1.165) is 82.4 Å². The van der Waals surface area contributed by atoms with E-state index in [0.29, 0.717) is 99.3 Å². The Hall–Kier alpha value is -7.50. The number of fused-ring (bicyclic) bond motifs is 8. The van der Waals surface area contributed by atoms with Gasteiger partial charge in [-0.25, -0.2) is 36.2 Å². The largest absolute Gasteiger partial charge is 0.475 e. The lowest BCUT2D eigenvalue weighted by Gasteiger charge is -2.57. The Balaban J connectivity index is 0.764. The predicted molar refractivity (Wildman–Crippen MR) is 377 cm³/mol. The molecule has 8 bridgehead atoms. The Morgan fingerprint density at radius 1 is 0.544 bits per heavy atom. The van der Waals surface area contributed by atoms with Gasteiger partial charge in [-0.15, -0.1) is 0 Å². The molecule has 4 fully saturated rings. The first-order valence-electron chi connectivity index (χ1n) is 35.3. The van der Waals surface area contributed by atoms with Crippen molar-refractivity contribution < 1.29 is 71.7 Å². The SMILES string of the molecule is COCCN1CCC2(CC1)CC(N1C(=O)c3cc(COCCCN4CCC5(CC4)CC(N4C(=O)c6cccc(c6)S(=O)(=O)Nc6nc(cc(-c7c(C)cccc7C)n6)OC[C@H]4CC(C)(C)C(F)(F)F)C5)cc(c3)S(=O)(=O)Nc3nc(cc(-c4c(C)cccc4C)n3)OC[C@H]1CC(C)(C)C(F)(F)F)C2. The normalized spacial score (nSPS) is 21.2. The number of aryl methyl sites for hydroxylation is 4. The molecule has 2 saturated carbocycles. The molecule has 2 saturated heterocycles. The molecule has 20 nitrogen and oxygen atoms in total. The number of hydrogen-bond donors (Lipinski definition) is 2. The highest BCUT2D eigenvalue weighted by Gasteiger charge is 2.56. The van der Waals surface area contributed by atoms with Gasteiger partial charge in [0, 0.05) is 73.3 Å². The van der Waals surface area contributed by atoms with E-state index in [2.05, 4.69) is 39.2 Å². The Labute approximate surface area is 599 Å². The number of nitrogens with one attached hydrogen (secondary N) is 2. The summed E-state index contributed by atoms with van der Waals surface area (Å²) < 4.78 is 178. The topological polar surface area (TPSA) is 228 Å². The number of carbonyl (C=O) groups is 2. The third-order valence-corrected chi connectivity index (χ3v) is 24.9. The molecular formula is C75H92F6N10O10S2. The number of sulfonamides is 2. The summed E-state index contributed by atoms with van der Waals surface area (Å²) in [6.45, 7) is 16.0. The molecule has 0 unspecified atom stereocenters. The molecule has 2 spiro atoms. The highest BCUT2D eigenvalue weighted by molar-refractivity contribution is 7.93. The van der Waals surface area contributed by atoms with E-state index in [1.54, 1.807) is 13.2 Å². The summed E-state index contributed by atoms with van der Waals surface area (Å²) in [7, 11) is -7.37. The molecule has 2 N–H and O–H groups in total. The van der Waals surface area contributed by atoms with Crippen molar-refractivity contribution in [2.45, 2.75) is 179 Å². The van der Waals surface area contributed by atoms with Gasteiger partial charge in [-0.2, -0.15) is 36.3 Å². The van der Waals surface area contributed by atoms with Crippen LogP contribution < -0.4 is 18.9 Å². The van der Waals surface area contributed by atoms with Gasteiger partial charge in [0.1, 0.15) is 13.2 Å². The van der Waals surface area contributed by atoms with Crippen LogP contribution in [-0.2, 0) is 36.1 Å². The van der Waals surface area contributed by atoms with Crippen LogP contribution in [0.2, 0.25) is 0 Å². The van der Waals surface area contributed by atoms with E-state index in [1.165, 1.54) is 58.3 Å². The van der Waals surface area contributed by atoms with E-state index in [1.807, 2.05) is 64.1 Å². The zero-order chi connectivity index (χ0) is 73.8. The number of methoxy groups -OCH3 is 1. The molecular weight excluding hydrogens is 1380 g/mol. The quantitative estimate of drug-likeness (QED) is 0.0639. The highest BCUT2D eigenvalue weighted by atomic mass is 32.2. The number of amides is 2. The maximum Gasteiger partial charge on any atom is 0.394 e. The number of ether oxygens (including phenoxy) is 4. The smallest absolute Gasteiger partial charge is 0.394 e. The van der Waals surface area contributed by atoms with Crippen molar-refractivity contribution in [2.75, 3.05) is 82.3 Å². The Morgan fingerprint density at radius 2 is 0.971 bits per heavy atom. The molecule has 0 radical (unpaired) electrons. The number of rotatable bonds is 17. The summed E-state index contributed by atoms with van der Waals surface area (Å²) in [6, 6.07) is 20.5. The van der Waals surface area contributed by atoms with Gasteiger partial charge < -0.3 is 38.5 Å². The van der Waals surface area contributed by atoms with E-state index in [4.69, 9.17) is 18.9 Å². The number of piperidine rings is 2. The highest BCUT2D eigenvalue weighted by Crippen LogP contribution is 2.55. The number of hydrogen-bond acceptors (Lipinski definition) is 16. The number of aromatic nitrogens is 4. The van der Waals surface area contributed by atoms with E-state index in [9.17, 15) is 16.8 Å². The molecule has 4 aliphatic heterocycles. The Morgan fingerprint density at radius 3 is 1.43 bits per heavy atom. The van der Waals surface area contributed by atoms with Crippen molar-refractivity contribution in [1.29, 1.82) is 0 Å². The van der Waals surface area contributed by atoms with Gasteiger partial charge in [0.15, 0.2) is 0 Å². The number of alkyl halides is 6. The number of halogens is 6. The second-order valence-electron chi connectivity index (χ2n) is 30.7. The zero-order valence-electron chi connectivity index (χ0n) is 59.8. The fourth-order valence-corrected chi connectivity index (χ4v) is 18.2. The standard InChI is InChI=1S/C75H92F6N10O10S2/c1-47-14-10-15-48(2)64(47)60-36-62-84-68(82-60)86-102(94,95)58-19-12-18-52(34-58)66(92)90(56(45-100-62)38-70(5,6)74(76,77)78)54-40-72(41-54)20-25-88(26-21-72)24-13-30-99-44-51-32-53-35-59(33-51)103(96,97)87-69-83-61(65-49(3)16-11-17-50(65)4)37-63(85-69)101-46-57(39-71(7,8)75(79,80)81)91(67(53)93)55-42-73(43-55)22-27-89(28-23-73)29-31-98-9/h10-12,14-19,32-37,54-57H,13,20-31,38-46H2,1-9H3,(H,82,84,86)(H,83,85,87)/t56-,57-/m1/s1. The molecule has 4 aromatic carbocycles. The van der Waals surface area contributed by atoms with Gasteiger partial charge in [-0.05, 0) is 200 Å². The number of benzene rings is 4. The molecule has 2 amide bonds. The van der Waals surface area contributed by atoms with Crippen molar-refractivity contribution in [3.63, 3.8) is 0 Å². The molecule has 6 aliphatic rings. The lowest BCUT2D eigenvalue weighted by molar-refractivity contribution is -0.219. The molecule has 6 heterocycles. The molecule has 556 valence electrons. The summed E-state index contributed by atoms with van der Waals surface area (Å²) in [5.41, 5.74) is 0.520. The number of likely N-dealkylation sites (tertiary alicyclic amines) is 2. The van der Waals surface area contributed by atoms with Gasteiger partial charge in [0.25, 0.3) is 31.9 Å². The van der Waals surface area contributed by atoms with Crippen LogP contribution in [0, 0.1) is 49.4 Å². The van der Waals surface area contributed by atoms with Gasteiger partial charge in [-0.3, -0.25) is 9.59 Å². The summed E-state index contributed by atoms with van der Waals surface area (Å²) in [5.74, 6) is -2.14. The first kappa shape index (κ1) is 75.2.